The normalized spacial score (nSPS) is 9.50. The number of rotatable bonds is 5. The van der Waals surface area contributed by atoms with E-state index in [1.165, 1.54) is 0 Å². The predicted octanol–water partition coefficient (Wildman–Crippen LogP) is 0.896. The number of aromatic amines is 1. The molecule has 5 nitrogen and oxygen atoms in total. The molecular formula is C9H13N5S2. The summed E-state index contributed by atoms with van der Waals surface area (Å²) in [6, 6.07) is 0. The minimum atomic E-state index is 0.374. The van der Waals surface area contributed by atoms with Crippen molar-refractivity contribution in [2.45, 2.75) is 12.7 Å². The molecule has 7 heteroatoms. The Labute approximate surface area is 104 Å². The van der Waals surface area contributed by atoms with E-state index in [1.54, 1.807) is 24.3 Å². The first-order valence-electron chi connectivity index (χ1n) is 4.73. The van der Waals surface area contributed by atoms with Crippen LogP contribution in [0.3, 0.4) is 0 Å². The number of nitrogens with one attached hydrogen (secondary N) is 3. The molecule has 16 heavy (non-hydrogen) atoms. The Balaban J connectivity index is 2.07. The molecule has 1 aromatic heterocycles. The van der Waals surface area contributed by atoms with Crippen LogP contribution in [0.5, 0.6) is 0 Å². The van der Waals surface area contributed by atoms with Gasteiger partial charge in [0.05, 0.1) is 12.0 Å². The van der Waals surface area contributed by atoms with Crippen molar-refractivity contribution >= 4 is 29.1 Å². The van der Waals surface area contributed by atoms with Crippen molar-refractivity contribution in [1.82, 2.24) is 20.6 Å². The van der Waals surface area contributed by atoms with Gasteiger partial charge < -0.3 is 10.3 Å². The van der Waals surface area contributed by atoms with Gasteiger partial charge in [0, 0.05) is 23.7 Å². The molecule has 0 amide bonds. The van der Waals surface area contributed by atoms with E-state index >= 15 is 0 Å². The van der Waals surface area contributed by atoms with Gasteiger partial charge in [0.2, 0.25) is 0 Å². The SMILES string of the molecule is Cc1[nH]cnc1CSCCNC(=S)NC#N. The van der Waals surface area contributed by atoms with Gasteiger partial charge in [0.15, 0.2) is 11.3 Å². The molecule has 0 aliphatic rings. The summed E-state index contributed by atoms with van der Waals surface area (Å²) in [6.45, 7) is 2.74. The molecule has 0 radical (unpaired) electrons. The fourth-order valence-corrected chi connectivity index (χ4v) is 2.06. The third-order valence-corrected chi connectivity index (χ3v) is 3.09. The molecule has 0 saturated heterocycles. The Hall–Kier alpha value is -1.26. The molecule has 0 bridgehead atoms. The average molecular weight is 255 g/mol. The lowest BCUT2D eigenvalue weighted by Gasteiger charge is -2.04. The van der Waals surface area contributed by atoms with Crippen LogP contribution in [-0.4, -0.2) is 27.4 Å². The molecule has 1 rings (SSSR count). The molecule has 0 unspecified atom stereocenters. The van der Waals surface area contributed by atoms with Crippen molar-refractivity contribution in [2.75, 3.05) is 12.3 Å². The quantitative estimate of drug-likeness (QED) is 0.314. The molecule has 0 spiro atoms. The van der Waals surface area contributed by atoms with Gasteiger partial charge >= 0.3 is 0 Å². The second-order valence-electron chi connectivity index (χ2n) is 3.02. The van der Waals surface area contributed by atoms with Gasteiger partial charge in [0.25, 0.3) is 0 Å². The number of nitriles is 1. The molecule has 0 aliphatic heterocycles. The molecule has 0 aromatic carbocycles. The first-order valence-corrected chi connectivity index (χ1v) is 6.30. The monoisotopic (exact) mass is 255 g/mol. The molecule has 0 fully saturated rings. The maximum absolute atomic E-state index is 8.29. The zero-order chi connectivity index (χ0) is 11.8. The van der Waals surface area contributed by atoms with Crippen LogP contribution in [0, 0.1) is 18.4 Å². The van der Waals surface area contributed by atoms with E-state index in [-0.39, 0.29) is 0 Å². The summed E-state index contributed by atoms with van der Waals surface area (Å²) in [5.41, 5.74) is 2.20. The van der Waals surface area contributed by atoms with Crippen LogP contribution in [0.25, 0.3) is 0 Å². The van der Waals surface area contributed by atoms with Crippen molar-refractivity contribution < 1.29 is 0 Å². The number of hydrogen-bond acceptors (Lipinski definition) is 4. The molecule has 1 aromatic rings. The lowest BCUT2D eigenvalue weighted by molar-refractivity contribution is 0.959. The van der Waals surface area contributed by atoms with Crippen LogP contribution in [0.1, 0.15) is 11.4 Å². The summed E-state index contributed by atoms with van der Waals surface area (Å²) in [5, 5.41) is 13.9. The summed E-state index contributed by atoms with van der Waals surface area (Å²) >= 11 is 6.60. The second-order valence-corrected chi connectivity index (χ2v) is 4.53. The summed E-state index contributed by atoms with van der Waals surface area (Å²) in [7, 11) is 0. The van der Waals surface area contributed by atoms with Crippen LogP contribution in [0.15, 0.2) is 6.33 Å². The Kier molecular flexibility index (Phi) is 5.67. The number of nitrogens with zero attached hydrogens (tertiary/aromatic N) is 2. The smallest absolute Gasteiger partial charge is 0.183 e. The number of hydrogen-bond donors (Lipinski definition) is 3. The predicted molar refractivity (Wildman–Crippen MR) is 68.8 cm³/mol. The summed E-state index contributed by atoms with van der Waals surface area (Å²) in [6.07, 6.45) is 3.47. The number of imidazole rings is 1. The number of H-pyrrole nitrogens is 1. The third kappa shape index (κ3) is 4.51. The van der Waals surface area contributed by atoms with Crippen LogP contribution in [0.2, 0.25) is 0 Å². The van der Waals surface area contributed by atoms with Crippen molar-refractivity contribution in [3.05, 3.63) is 17.7 Å². The van der Waals surface area contributed by atoms with Gasteiger partial charge in [-0.25, -0.2) is 4.98 Å². The van der Waals surface area contributed by atoms with Crippen molar-refractivity contribution in [2.24, 2.45) is 0 Å². The van der Waals surface area contributed by atoms with E-state index < -0.39 is 0 Å². The molecule has 1 heterocycles. The average Bonchev–Trinajstić information content (AvgIpc) is 2.64. The Morgan fingerprint density at radius 1 is 1.75 bits per heavy atom. The van der Waals surface area contributed by atoms with Crippen LogP contribution in [-0.2, 0) is 5.75 Å². The molecule has 3 N–H and O–H groups in total. The number of aromatic nitrogens is 2. The largest absolute Gasteiger partial charge is 0.361 e. The zero-order valence-electron chi connectivity index (χ0n) is 8.91. The maximum atomic E-state index is 8.29. The van der Waals surface area contributed by atoms with E-state index in [0.717, 1.165) is 29.4 Å². The highest BCUT2D eigenvalue weighted by atomic mass is 32.2. The third-order valence-electron chi connectivity index (χ3n) is 1.87. The van der Waals surface area contributed by atoms with E-state index in [0.29, 0.717) is 5.11 Å². The van der Waals surface area contributed by atoms with Gasteiger partial charge in [-0.05, 0) is 19.1 Å². The first kappa shape index (κ1) is 12.8. The summed E-state index contributed by atoms with van der Waals surface area (Å²) in [4.78, 5) is 7.24. The molecular weight excluding hydrogens is 242 g/mol. The summed E-state index contributed by atoms with van der Waals surface area (Å²) in [5.74, 6) is 1.80. The lowest BCUT2D eigenvalue weighted by Crippen LogP contribution is -2.33. The Morgan fingerprint density at radius 2 is 2.56 bits per heavy atom. The van der Waals surface area contributed by atoms with Crippen molar-refractivity contribution in [1.29, 1.82) is 5.26 Å². The van der Waals surface area contributed by atoms with E-state index in [9.17, 15) is 0 Å². The summed E-state index contributed by atoms with van der Waals surface area (Å²) < 4.78 is 0. The zero-order valence-corrected chi connectivity index (χ0v) is 10.5. The van der Waals surface area contributed by atoms with Crippen LogP contribution < -0.4 is 10.6 Å². The van der Waals surface area contributed by atoms with Crippen molar-refractivity contribution in [3.8, 4) is 6.19 Å². The molecule has 0 aliphatic carbocycles. The van der Waals surface area contributed by atoms with Gasteiger partial charge in [-0.15, -0.1) is 0 Å². The van der Waals surface area contributed by atoms with Crippen LogP contribution >= 0.6 is 24.0 Å². The van der Waals surface area contributed by atoms with E-state index in [4.69, 9.17) is 17.5 Å². The minimum Gasteiger partial charge on any atom is -0.361 e. The number of thioether (sulfide) groups is 1. The van der Waals surface area contributed by atoms with Crippen LogP contribution in [0.4, 0.5) is 0 Å². The first-order chi connectivity index (χ1) is 7.74. The standard InChI is InChI=1S/C9H13N5S2/c1-7-8(14-6-13-7)4-16-3-2-11-9(15)12-5-10/h6H,2-4H2,1H3,(H,13,14)(H2,11,12,15). The fraction of sp³-hybridized carbons (Fsp3) is 0.444. The van der Waals surface area contributed by atoms with Gasteiger partial charge in [0.1, 0.15) is 0 Å². The minimum absolute atomic E-state index is 0.374. The van der Waals surface area contributed by atoms with E-state index in [2.05, 4.69) is 20.6 Å². The van der Waals surface area contributed by atoms with Crippen molar-refractivity contribution in [3.63, 3.8) is 0 Å². The van der Waals surface area contributed by atoms with Gasteiger partial charge in [-0.2, -0.15) is 17.0 Å². The number of thiocarbonyl (C=S) groups is 1. The van der Waals surface area contributed by atoms with Gasteiger partial charge in [-0.3, -0.25) is 5.32 Å². The highest BCUT2D eigenvalue weighted by molar-refractivity contribution is 7.98. The highest BCUT2D eigenvalue weighted by Crippen LogP contribution is 2.11. The Bertz CT molecular complexity index is 381. The molecule has 0 atom stereocenters. The highest BCUT2D eigenvalue weighted by Gasteiger charge is 2.00. The molecule has 0 saturated carbocycles. The Morgan fingerprint density at radius 3 is 3.19 bits per heavy atom. The topological polar surface area (TPSA) is 76.5 Å². The van der Waals surface area contributed by atoms with Gasteiger partial charge in [-0.1, -0.05) is 0 Å². The van der Waals surface area contributed by atoms with E-state index in [1.807, 2.05) is 6.92 Å². The lowest BCUT2D eigenvalue weighted by atomic mass is 10.4. The second kappa shape index (κ2) is 7.09. The number of aryl methyl sites for hydroxylation is 1. The molecule has 86 valence electrons. The fourth-order valence-electron chi connectivity index (χ4n) is 1.03. The maximum Gasteiger partial charge on any atom is 0.183 e.